The van der Waals surface area contributed by atoms with Crippen molar-refractivity contribution in [2.45, 2.75) is 76.9 Å². The molecule has 0 saturated carbocycles. The normalized spacial score (nSPS) is 21.4. The first kappa shape index (κ1) is 17.0. The molecule has 0 radical (unpaired) electrons. The van der Waals surface area contributed by atoms with E-state index in [0.717, 1.165) is 25.8 Å². The summed E-state index contributed by atoms with van der Waals surface area (Å²) in [6.07, 6.45) is 2.56. The van der Waals surface area contributed by atoms with Gasteiger partial charge in [-0.1, -0.05) is 19.6 Å². The third-order valence-electron chi connectivity index (χ3n) is 3.71. The molecule has 0 aromatic rings. The Morgan fingerprint density at radius 2 is 2.05 bits per heavy atom. The van der Waals surface area contributed by atoms with Gasteiger partial charge >= 0.3 is 6.09 Å². The van der Waals surface area contributed by atoms with Gasteiger partial charge in [-0.2, -0.15) is 5.26 Å². The first-order chi connectivity index (χ1) is 9.04. The Kier molecular flexibility index (Phi) is 5.25. The van der Waals surface area contributed by atoms with Gasteiger partial charge < -0.3 is 9.64 Å². The minimum atomic E-state index is -1.51. The minimum absolute atomic E-state index is 0.0931. The molecule has 1 rings (SSSR count). The molecule has 0 aromatic carbocycles. The molecule has 1 saturated heterocycles. The number of carbonyl (C=O) groups is 1. The lowest BCUT2D eigenvalue weighted by Crippen LogP contribution is -2.41. The van der Waals surface area contributed by atoms with E-state index in [1.807, 2.05) is 25.7 Å². The predicted molar refractivity (Wildman–Crippen MR) is 83.3 cm³/mol. The van der Waals surface area contributed by atoms with Gasteiger partial charge in [0.15, 0.2) is 0 Å². The van der Waals surface area contributed by atoms with E-state index < -0.39 is 13.7 Å². The fourth-order valence-electron chi connectivity index (χ4n) is 2.51. The molecule has 4 nitrogen and oxygen atoms in total. The first-order valence-corrected chi connectivity index (χ1v) is 11.0. The summed E-state index contributed by atoms with van der Waals surface area (Å²) in [5.41, 5.74) is -0.368. The lowest BCUT2D eigenvalue weighted by molar-refractivity contribution is 0.0221. The molecular formula is C15H28N2O2Si. The average Bonchev–Trinajstić information content (AvgIpc) is 2.69. The van der Waals surface area contributed by atoms with Crippen molar-refractivity contribution >= 4 is 14.2 Å². The molecule has 1 aliphatic heterocycles. The molecule has 0 aliphatic carbocycles. The molecule has 0 spiro atoms. The summed E-state index contributed by atoms with van der Waals surface area (Å²) in [6, 6.07) is 2.63. The van der Waals surface area contributed by atoms with Crippen LogP contribution < -0.4 is 0 Å². The zero-order valence-electron chi connectivity index (χ0n) is 13.7. The van der Waals surface area contributed by atoms with Crippen LogP contribution in [0.5, 0.6) is 0 Å². The Hall–Kier alpha value is -1.02. The highest BCUT2D eigenvalue weighted by molar-refractivity contribution is 6.78. The van der Waals surface area contributed by atoms with Crippen molar-refractivity contribution in [1.82, 2.24) is 4.90 Å². The Bertz CT molecular complexity index is 390. The molecule has 5 heteroatoms. The van der Waals surface area contributed by atoms with Crippen LogP contribution in [0.4, 0.5) is 4.79 Å². The number of nitrogens with zero attached hydrogens (tertiary/aromatic N) is 2. The maximum Gasteiger partial charge on any atom is 0.410 e. The summed E-state index contributed by atoms with van der Waals surface area (Å²) in [5.74, 6) is 0. The molecule has 1 aliphatic rings. The highest BCUT2D eigenvalue weighted by atomic mass is 28.3. The second-order valence-corrected chi connectivity index (χ2v) is 13.2. The number of hydrogen-bond acceptors (Lipinski definition) is 3. The maximum absolute atomic E-state index is 12.2. The molecule has 0 aromatic heterocycles. The fraction of sp³-hybridized carbons (Fsp3) is 0.867. The van der Waals surface area contributed by atoms with Crippen LogP contribution in [0.2, 0.25) is 25.2 Å². The average molecular weight is 296 g/mol. The number of hydrogen-bond donors (Lipinski definition) is 0. The van der Waals surface area contributed by atoms with E-state index in [1.165, 1.54) is 0 Å². The third-order valence-corrected chi connectivity index (χ3v) is 6.17. The van der Waals surface area contributed by atoms with Crippen LogP contribution in [0.3, 0.4) is 0 Å². The monoisotopic (exact) mass is 296 g/mol. The maximum atomic E-state index is 12.2. The molecule has 2 atom stereocenters. The largest absolute Gasteiger partial charge is 0.444 e. The zero-order chi connectivity index (χ0) is 15.6. The van der Waals surface area contributed by atoms with Gasteiger partial charge in [0.2, 0.25) is 0 Å². The van der Waals surface area contributed by atoms with Crippen LogP contribution >= 0.6 is 0 Å². The second-order valence-electron chi connectivity index (χ2n) is 7.75. The number of likely N-dealkylation sites (tertiary alicyclic amines) is 1. The van der Waals surface area contributed by atoms with E-state index in [9.17, 15) is 10.1 Å². The van der Waals surface area contributed by atoms with Crippen molar-refractivity contribution < 1.29 is 9.53 Å². The predicted octanol–water partition coefficient (Wildman–Crippen LogP) is 4.01. The smallest absolute Gasteiger partial charge is 0.410 e. The third kappa shape index (κ3) is 4.82. The number of ether oxygens (including phenoxy) is 1. The van der Waals surface area contributed by atoms with Crippen LogP contribution in [-0.4, -0.2) is 37.3 Å². The van der Waals surface area contributed by atoms with Crippen molar-refractivity contribution in [2.75, 3.05) is 6.54 Å². The van der Waals surface area contributed by atoms with Gasteiger partial charge in [0.05, 0.1) is 14.1 Å². The van der Waals surface area contributed by atoms with Crippen molar-refractivity contribution in [3.8, 4) is 6.07 Å². The first-order valence-electron chi connectivity index (χ1n) is 7.44. The Morgan fingerprint density at radius 1 is 1.45 bits per heavy atom. The van der Waals surface area contributed by atoms with Gasteiger partial charge in [-0.25, -0.2) is 4.79 Å². The SMILES string of the molecule is CC(C)(C)OC(=O)N1CCC[C@H]1C[C@H](C#N)[Si](C)(C)C. The molecule has 1 heterocycles. The van der Waals surface area contributed by atoms with E-state index in [4.69, 9.17) is 4.74 Å². The lowest BCUT2D eigenvalue weighted by Gasteiger charge is -2.32. The number of rotatable bonds is 3. The quantitative estimate of drug-likeness (QED) is 0.739. The Morgan fingerprint density at radius 3 is 2.50 bits per heavy atom. The molecule has 1 amide bonds. The number of carbonyl (C=O) groups excluding carboxylic acids is 1. The fourth-order valence-corrected chi connectivity index (χ4v) is 3.88. The van der Waals surface area contributed by atoms with Crippen LogP contribution in [0, 0.1) is 11.3 Å². The topological polar surface area (TPSA) is 53.3 Å². The van der Waals surface area contributed by atoms with Crippen molar-refractivity contribution in [3.63, 3.8) is 0 Å². The van der Waals surface area contributed by atoms with Crippen molar-refractivity contribution in [2.24, 2.45) is 0 Å². The summed E-state index contributed by atoms with van der Waals surface area (Å²) >= 11 is 0. The molecule has 114 valence electrons. The van der Waals surface area contributed by atoms with Gasteiger partial charge in [-0.3, -0.25) is 0 Å². The molecule has 0 bridgehead atoms. The Balaban J connectivity index is 2.71. The lowest BCUT2D eigenvalue weighted by atomic mass is 10.1. The van der Waals surface area contributed by atoms with E-state index in [0.29, 0.717) is 0 Å². The van der Waals surface area contributed by atoms with Gasteiger partial charge in [0.25, 0.3) is 0 Å². The summed E-state index contributed by atoms with van der Waals surface area (Å²) in [4.78, 5) is 14.1. The Labute approximate surface area is 124 Å². The molecule has 0 N–H and O–H groups in total. The second kappa shape index (κ2) is 6.17. The number of nitriles is 1. The van der Waals surface area contributed by atoms with Gasteiger partial charge in [-0.05, 0) is 40.0 Å². The molecule has 20 heavy (non-hydrogen) atoms. The van der Waals surface area contributed by atoms with E-state index in [1.54, 1.807) is 0 Å². The van der Waals surface area contributed by atoms with Gasteiger partial charge in [-0.15, -0.1) is 0 Å². The van der Waals surface area contributed by atoms with Crippen LogP contribution in [-0.2, 0) is 4.74 Å². The highest BCUT2D eigenvalue weighted by Crippen LogP contribution is 2.32. The van der Waals surface area contributed by atoms with Crippen LogP contribution in [0.25, 0.3) is 0 Å². The van der Waals surface area contributed by atoms with Gasteiger partial charge in [0.1, 0.15) is 5.60 Å². The van der Waals surface area contributed by atoms with E-state index >= 15 is 0 Å². The zero-order valence-corrected chi connectivity index (χ0v) is 14.7. The van der Waals surface area contributed by atoms with Gasteiger partial charge in [0, 0.05) is 18.1 Å². The molecular weight excluding hydrogens is 268 g/mol. The minimum Gasteiger partial charge on any atom is -0.444 e. The summed E-state index contributed by atoms with van der Waals surface area (Å²) < 4.78 is 5.47. The summed E-state index contributed by atoms with van der Waals surface area (Å²) in [5, 5.41) is 9.38. The van der Waals surface area contributed by atoms with Crippen molar-refractivity contribution in [1.29, 1.82) is 5.26 Å². The molecule has 0 unspecified atom stereocenters. The van der Waals surface area contributed by atoms with Crippen LogP contribution in [0.15, 0.2) is 0 Å². The standard InChI is InChI=1S/C15H28N2O2Si/c1-15(2,3)19-14(18)17-9-7-8-12(17)10-13(11-16)20(4,5)6/h12-13H,7-10H2,1-6H3/t12-,13+/m0/s1. The van der Waals surface area contributed by atoms with E-state index in [-0.39, 0.29) is 17.7 Å². The number of amides is 1. The summed E-state index contributed by atoms with van der Waals surface area (Å²) in [7, 11) is -1.51. The van der Waals surface area contributed by atoms with E-state index in [2.05, 4.69) is 25.7 Å². The molecule has 1 fully saturated rings. The summed E-state index contributed by atoms with van der Waals surface area (Å²) in [6.45, 7) is 13.1. The highest BCUT2D eigenvalue weighted by Gasteiger charge is 2.36. The van der Waals surface area contributed by atoms with Crippen LogP contribution in [0.1, 0.15) is 40.0 Å². The van der Waals surface area contributed by atoms with Crippen molar-refractivity contribution in [3.05, 3.63) is 0 Å².